The summed E-state index contributed by atoms with van der Waals surface area (Å²) in [5.74, 6) is 0.488. The third kappa shape index (κ3) is 6.47. The Kier molecular flexibility index (Phi) is 8.80. The van der Waals surface area contributed by atoms with Gasteiger partial charge in [-0.15, -0.1) is 0 Å². The van der Waals surface area contributed by atoms with Gasteiger partial charge in [0.1, 0.15) is 6.10 Å². The first kappa shape index (κ1) is 26.9. The molecule has 1 saturated carbocycles. The van der Waals surface area contributed by atoms with Gasteiger partial charge in [-0.05, 0) is 73.6 Å². The lowest BCUT2D eigenvalue weighted by molar-refractivity contribution is -0.141. The number of primary amides is 1. The minimum absolute atomic E-state index is 0.120. The lowest BCUT2D eigenvalue weighted by atomic mass is 9.84. The Morgan fingerprint density at radius 2 is 1.66 bits per heavy atom. The molecule has 4 atom stereocenters. The van der Waals surface area contributed by atoms with Crippen molar-refractivity contribution in [3.63, 3.8) is 0 Å². The molecule has 2 aromatic rings. The zero-order chi connectivity index (χ0) is 26.5. The highest BCUT2D eigenvalue weighted by molar-refractivity contribution is 5.92. The van der Waals surface area contributed by atoms with Crippen LogP contribution >= 0.6 is 0 Å². The summed E-state index contributed by atoms with van der Waals surface area (Å²) in [5, 5.41) is 10.9. The number of benzene rings is 2. The zero-order valence-corrected chi connectivity index (χ0v) is 22.5. The summed E-state index contributed by atoms with van der Waals surface area (Å²) >= 11 is 0. The number of hydrogen-bond donors (Lipinski definition) is 2. The predicted octanol–water partition coefficient (Wildman–Crippen LogP) is 4.51. The van der Waals surface area contributed by atoms with E-state index in [1.165, 1.54) is 50.5 Å². The maximum Gasteiger partial charge on any atom is 0.251 e. The molecule has 6 heteroatoms. The normalized spacial score (nSPS) is 24.7. The first-order valence-corrected chi connectivity index (χ1v) is 14.6. The molecular weight excluding hydrogens is 474 g/mol. The lowest BCUT2D eigenvalue weighted by Crippen LogP contribution is -2.49. The number of fused-ring (bicyclic) bond motifs is 2. The summed E-state index contributed by atoms with van der Waals surface area (Å²) in [5.41, 5.74) is 8.32. The van der Waals surface area contributed by atoms with Crippen LogP contribution < -0.4 is 5.73 Å². The van der Waals surface area contributed by atoms with Gasteiger partial charge in [0.05, 0.1) is 0 Å². The number of amides is 2. The van der Waals surface area contributed by atoms with Crippen LogP contribution in [-0.2, 0) is 11.2 Å². The van der Waals surface area contributed by atoms with Gasteiger partial charge in [0.25, 0.3) is 5.91 Å². The van der Waals surface area contributed by atoms with E-state index < -0.39 is 6.10 Å². The van der Waals surface area contributed by atoms with Crippen LogP contribution in [0.3, 0.4) is 0 Å². The molecule has 2 bridgehead atoms. The number of aliphatic hydroxyl groups is 1. The third-order valence-corrected chi connectivity index (χ3v) is 9.23. The van der Waals surface area contributed by atoms with Crippen molar-refractivity contribution >= 4 is 11.8 Å². The highest BCUT2D eigenvalue weighted by Crippen LogP contribution is 2.43. The molecule has 0 spiro atoms. The van der Waals surface area contributed by atoms with Gasteiger partial charge < -0.3 is 15.7 Å². The molecule has 0 unspecified atom stereocenters. The SMILES string of the molecule is NC(=O)c1cccc([C@H]2C[C@H]3CC[C@@H](C2)N3CCN(CC2CCCCC2)C(=O)[C@@H](O)Cc2ccccc2)c1. The van der Waals surface area contributed by atoms with Crippen molar-refractivity contribution in [1.82, 2.24) is 9.80 Å². The van der Waals surface area contributed by atoms with Crippen LogP contribution in [0.4, 0.5) is 0 Å². The fourth-order valence-electron chi connectivity index (χ4n) is 7.20. The van der Waals surface area contributed by atoms with E-state index in [0.29, 0.717) is 42.4 Å². The average molecular weight is 518 g/mol. The van der Waals surface area contributed by atoms with Gasteiger partial charge in [-0.2, -0.15) is 0 Å². The van der Waals surface area contributed by atoms with E-state index >= 15 is 0 Å². The molecule has 5 rings (SSSR count). The molecule has 1 aliphatic carbocycles. The molecule has 0 radical (unpaired) electrons. The molecule has 38 heavy (non-hydrogen) atoms. The molecule has 6 nitrogen and oxygen atoms in total. The maximum atomic E-state index is 13.5. The Labute approximate surface area is 227 Å². The summed E-state index contributed by atoms with van der Waals surface area (Å²) in [6.45, 7) is 2.30. The van der Waals surface area contributed by atoms with Crippen LogP contribution in [0.25, 0.3) is 0 Å². The predicted molar refractivity (Wildman–Crippen MR) is 150 cm³/mol. The van der Waals surface area contributed by atoms with Crippen LogP contribution in [0.1, 0.15) is 85.2 Å². The monoisotopic (exact) mass is 517 g/mol. The van der Waals surface area contributed by atoms with Crippen LogP contribution in [0.15, 0.2) is 54.6 Å². The van der Waals surface area contributed by atoms with E-state index in [9.17, 15) is 14.7 Å². The number of nitrogens with two attached hydrogens (primary N) is 1. The Morgan fingerprint density at radius 1 is 0.947 bits per heavy atom. The van der Waals surface area contributed by atoms with E-state index in [4.69, 9.17) is 5.73 Å². The van der Waals surface area contributed by atoms with Crippen molar-refractivity contribution in [2.45, 2.75) is 88.3 Å². The number of aliphatic hydroxyl groups excluding tert-OH is 1. The largest absolute Gasteiger partial charge is 0.383 e. The van der Waals surface area contributed by atoms with Gasteiger partial charge in [0.2, 0.25) is 5.91 Å². The highest BCUT2D eigenvalue weighted by Gasteiger charge is 2.41. The highest BCUT2D eigenvalue weighted by atomic mass is 16.3. The quantitative estimate of drug-likeness (QED) is 0.486. The van der Waals surface area contributed by atoms with Gasteiger partial charge >= 0.3 is 0 Å². The standard InChI is InChI=1S/C32H43N3O3/c33-31(37)26-13-7-12-25(19-26)27-20-28-14-15-29(21-27)35(28)17-16-34(22-24-10-5-2-6-11-24)32(38)30(36)18-23-8-3-1-4-9-23/h1,3-4,7-9,12-13,19,24,27-30,36H,2,5-6,10-11,14-18,20-22H2,(H2,33,37)/t27-,28+,29-,30-/m0/s1. The maximum absolute atomic E-state index is 13.5. The molecule has 2 heterocycles. The minimum Gasteiger partial charge on any atom is -0.383 e. The van der Waals surface area contributed by atoms with Gasteiger partial charge in [0.15, 0.2) is 0 Å². The van der Waals surface area contributed by atoms with E-state index in [1.807, 2.05) is 47.4 Å². The molecule has 2 saturated heterocycles. The zero-order valence-electron chi connectivity index (χ0n) is 22.5. The number of carbonyl (C=O) groups is 2. The topological polar surface area (TPSA) is 86.9 Å². The Balaban J connectivity index is 1.23. The average Bonchev–Trinajstić information content (AvgIpc) is 3.17. The molecule has 204 valence electrons. The lowest BCUT2D eigenvalue weighted by Gasteiger charge is -2.41. The fraction of sp³-hybridized carbons (Fsp3) is 0.562. The van der Waals surface area contributed by atoms with Crippen LogP contribution in [0, 0.1) is 5.92 Å². The molecule has 0 aromatic heterocycles. The van der Waals surface area contributed by atoms with Gasteiger partial charge in [-0.1, -0.05) is 61.7 Å². The van der Waals surface area contributed by atoms with Crippen LogP contribution in [-0.4, -0.2) is 64.5 Å². The van der Waals surface area contributed by atoms with Crippen LogP contribution in [0.5, 0.6) is 0 Å². The smallest absolute Gasteiger partial charge is 0.251 e. The Bertz CT molecular complexity index is 1070. The first-order chi connectivity index (χ1) is 18.5. The second kappa shape index (κ2) is 12.4. The summed E-state index contributed by atoms with van der Waals surface area (Å²) in [6.07, 6.45) is 10.0. The van der Waals surface area contributed by atoms with Gasteiger partial charge in [-0.3, -0.25) is 14.5 Å². The van der Waals surface area contributed by atoms with E-state index in [-0.39, 0.29) is 11.8 Å². The molecule has 3 aliphatic rings. The van der Waals surface area contributed by atoms with Gasteiger partial charge in [0, 0.05) is 43.7 Å². The second-order valence-electron chi connectivity index (χ2n) is 11.8. The first-order valence-electron chi connectivity index (χ1n) is 14.6. The molecule has 2 aromatic carbocycles. The summed E-state index contributed by atoms with van der Waals surface area (Å²) in [4.78, 5) is 29.8. The minimum atomic E-state index is -0.999. The second-order valence-corrected chi connectivity index (χ2v) is 11.8. The number of piperidine rings is 1. The number of rotatable bonds is 10. The van der Waals surface area contributed by atoms with Crippen molar-refractivity contribution in [1.29, 1.82) is 0 Å². The molecule has 3 N–H and O–H groups in total. The summed E-state index contributed by atoms with van der Waals surface area (Å²) in [6, 6.07) is 18.6. The summed E-state index contributed by atoms with van der Waals surface area (Å²) in [7, 11) is 0. The van der Waals surface area contributed by atoms with Crippen molar-refractivity contribution in [2.75, 3.05) is 19.6 Å². The molecule has 2 amide bonds. The van der Waals surface area contributed by atoms with Crippen LogP contribution in [0.2, 0.25) is 0 Å². The molecule has 3 fully saturated rings. The van der Waals surface area contributed by atoms with Crippen molar-refractivity contribution in [2.24, 2.45) is 11.7 Å². The van der Waals surface area contributed by atoms with Gasteiger partial charge in [-0.25, -0.2) is 0 Å². The number of nitrogens with zero attached hydrogens (tertiary/aromatic N) is 2. The van der Waals surface area contributed by atoms with Crippen molar-refractivity contribution in [3.05, 3.63) is 71.3 Å². The fourth-order valence-corrected chi connectivity index (χ4v) is 7.20. The van der Waals surface area contributed by atoms with Crippen molar-refractivity contribution in [3.8, 4) is 0 Å². The molecular formula is C32H43N3O3. The third-order valence-electron chi connectivity index (χ3n) is 9.23. The molecule has 2 aliphatic heterocycles. The number of hydrogen-bond acceptors (Lipinski definition) is 4. The Morgan fingerprint density at radius 3 is 2.34 bits per heavy atom. The van der Waals surface area contributed by atoms with E-state index in [2.05, 4.69) is 11.0 Å². The van der Waals surface area contributed by atoms with E-state index in [1.54, 1.807) is 6.07 Å². The number of carbonyl (C=O) groups excluding carboxylic acids is 2. The summed E-state index contributed by atoms with van der Waals surface area (Å²) < 4.78 is 0. The van der Waals surface area contributed by atoms with E-state index in [0.717, 1.165) is 31.5 Å². The van der Waals surface area contributed by atoms with Crippen molar-refractivity contribution < 1.29 is 14.7 Å². The Hall–Kier alpha value is -2.70.